The molecule has 1 N–H and O–H groups in total. The van der Waals surface area contributed by atoms with Crippen molar-refractivity contribution in [1.82, 2.24) is 0 Å². The lowest BCUT2D eigenvalue weighted by Gasteiger charge is -2.08. The van der Waals surface area contributed by atoms with Crippen LogP contribution in [0.1, 0.15) is 10.4 Å². The van der Waals surface area contributed by atoms with E-state index in [9.17, 15) is 26.4 Å². The number of hydrogen-bond acceptors (Lipinski definition) is 4. The van der Waals surface area contributed by atoms with Gasteiger partial charge in [0, 0.05) is 0 Å². The van der Waals surface area contributed by atoms with E-state index >= 15 is 0 Å². The van der Waals surface area contributed by atoms with Crippen LogP contribution in [0.5, 0.6) is 0 Å². The van der Waals surface area contributed by atoms with Crippen molar-refractivity contribution in [3.05, 3.63) is 29.8 Å². The lowest BCUT2D eigenvalue weighted by atomic mass is 10.2. The molecular weight excluding hydrogens is 301 g/mol. The molecular formula is C11H11F3O5S. The fourth-order valence-corrected chi connectivity index (χ4v) is 2.46. The second kappa shape index (κ2) is 6.23. The number of aromatic carboxylic acids is 1. The summed E-state index contributed by atoms with van der Waals surface area (Å²) in [6.07, 6.45) is -4.52. The van der Waals surface area contributed by atoms with Crippen molar-refractivity contribution in [3.8, 4) is 0 Å². The summed E-state index contributed by atoms with van der Waals surface area (Å²) in [5.41, 5.74) is -0.220. The highest BCUT2D eigenvalue weighted by Gasteiger charge is 2.27. The number of sulfone groups is 1. The maximum Gasteiger partial charge on any atom is 0.411 e. The largest absolute Gasteiger partial charge is 0.478 e. The maximum absolute atomic E-state index is 11.8. The van der Waals surface area contributed by atoms with Crippen LogP contribution in [-0.2, 0) is 14.6 Å². The standard InChI is InChI=1S/C11H11F3O5S/c12-11(13,14)7-19-4-5-20(17,18)9-3-1-2-8(6-9)10(15)16/h1-3,6H,4-5,7H2,(H,15,16). The molecule has 5 nitrogen and oxygen atoms in total. The minimum atomic E-state index is -4.52. The van der Waals surface area contributed by atoms with Crippen molar-refractivity contribution in [2.45, 2.75) is 11.1 Å². The molecule has 0 atom stereocenters. The quantitative estimate of drug-likeness (QED) is 0.809. The van der Waals surface area contributed by atoms with E-state index in [1.807, 2.05) is 0 Å². The van der Waals surface area contributed by atoms with Gasteiger partial charge in [0.05, 0.1) is 22.8 Å². The Morgan fingerprint density at radius 1 is 1.30 bits per heavy atom. The van der Waals surface area contributed by atoms with Gasteiger partial charge in [-0.1, -0.05) is 6.07 Å². The molecule has 0 aliphatic heterocycles. The second-order valence-corrected chi connectivity index (χ2v) is 5.93. The van der Waals surface area contributed by atoms with Gasteiger partial charge in [-0.2, -0.15) is 13.2 Å². The normalized spacial score (nSPS) is 12.3. The van der Waals surface area contributed by atoms with Gasteiger partial charge in [0.25, 0.3) is 0 Å². The molecule has 112 valence electrons. The molecule has 0 amide bonds. The first kappa shape index (κ1) is 16.4. The van der Waals surface area contributed by atoms with Gasteiger partial charge in [-0.3, -0.25) is 0 Å². The van der Waals surface area contributed by atoms with Crippen LogP contribution in [0.2, 0.25) is 0 Å². The fourth-order valence-electron chi connectivity index (χ4n) is 1.30. The molecule has 0 radical (unpaired) electrons. The van der Waals surface area contributed by atoms with Crippen LogP contribution in [0.15, 0.2) is 29.2 Å². The molecule has 0 spiro atoms. The zero-order valence-electron chi connectivity index (χ0n) is 10.1. The van der Waals surface area contributed by atoms with Crippen molar-refractivity contribution in [2.24, 2.45) is 0 Å². The first-order valence-electron chi connectivity index (χ1n) is 5.32. The van der Waals surface area contributed by atoms with E-state index in [-0.39, 0.29) is 10.5 Å². The van der Waals surface area contributed by atoms with Crippen LogP contribution in [0, 0.1) is 0 Å². The summed E-state index contributed by atoms with van der Waals surface area (Å²) >= 11 is 0. The number of alkyl halides is 3. The second-order valence-electron chi connectivity index (χ2n) is 3.82. The summed E-state index contributed by atoms with van der Waals surface area (Å²) in [5.74, 6) is -1.96. The third kappa shape index (κ3) is 5.17. The lowest BCUT2D eigenvalue weighted by Crippen LogP contribution is -2.20. The molecule has 1 aromatic carbocycles. The predicted octanol–water partition coefficient (Wildman–Crippen LogP) is 1.74. The highest BCUT2D eigenvalue weighted by Crippen LogP contribution is 2.16. The fraction of sp³-hybridized carbons (Fsp3) is 0.364. The predicted molar refractivity (Wildman–Crippen MR) is 62.3 cm³/mol. The number of halogens is 3. The Balaban J connectivity index is 2.70. The summed E-state index contributed by atoms with van der Waals surface area (Å²) in [6.45, 7) is -2.16. The molecule has 0 saturated carbocycles. The van der Waals surface area contributed by atoms with Gasteiger partial charge in [0.15, 0.2) is 9.84 Å². The number of hydrogen-bond donors (Lipinski definition) is 1. The highest BCUT2D eigenvalue weighted by atomic mass is 32.2. The summed E-state index contributed by atoms with van der Waals surface area (Å²) in [5, 5.41) is 8.73. The number of carboxylic acids is 1. The monoisotopic (exact) mass is 312 g/mol. The summed E-state index contributed by atoms with van der Waals surface area (Å²) in [4.78, 5) is 10.4. The van der Waals surface area contributed by atoms with Crippen LogP contribution in [0.4, 0.5) is 13.2 Å². The Morgan fingerprint density at radius 2 is 1.95 bits per heavy atom. The van der Waals surface area contributed by atoms with E-state index in [4.69, 9.17) is 5.11 Å². The van der Waals surface area contributed by atoms with Crippen molar-refractivity contribution < 1.29 is 36.2 Å². The van der Waals surface area contributed by atoms with Crippen LogP contribution < -0.4 is 0 Å². The van der Waals surface area contributed by atoms with E-state index in [1.54, 1.807) is 0 Å². The van der Waals surface area contributed by atoms with E-state index < -0.39 is 40.9 Å². The first-order chi connectivity index (χ1) is 9.12. The van der Waals surface area contributed by atoms with Crippen molar-refractivity contribution in [2.75, 3.05) is 19.0 Å². The average Bonchev–Trinajstić information content (AvgIpc) is 2.34. The molecule has 0 bridgehead atoms. The number of benzene rings is 1. The van der Waals surface area contributed by atoms with Gasteiger partial charge in [-0.25, -0.2) is 13.2 Å². The van der Waals surface area contributed by atoms with E-state index in [0.29, 0.717) is 0 Å². The molecule has 0 heterocycles. The number of carboxylic acid groups (broad SMARTS) is 1. The summed E-state index contributed by atoms with van der Waals surface area (Å²) in [7, 11) is -3.89. The lowest BCUT2D eigenvalue weighted by molar-refractivity contribution is -0.172. The molecule has 0 aromatic heterocycles. The van der Waals surface area contributed by atoms with E-state index in [0.717, 1.165) is 6.07 Å². The SMILES string of the molecule is O=C(O)c1cccc(S(=O)(=O)CCOCC(F)(F)F)c1. The van der Waals surface area contributed by atoms with Gasteiger partial charge < -0.3 is 9.84 Å². The highest BCUT2D eigenvalue weighted by molar-refractivity contribution is 7.91. The Morgan fingerprint density at radius 3 is 2.50 bits per heavy atom. The van der Waals surface area contributed by atoms with Gasteiger partial charge >= 0.3 is 12.1 Å². The van der Waals surface area contributed by atoms with Crippen molar-refractivity contribution >= 4 is 15.8 Å². The van der Waals surface area contributed by atoms with Gasteiger partial charge in [0.2, 0.25) is 0 Å². The Hall–Kier alpha value is -1.61. The van der Waals surface area contributed by atoms with Crippen LogP contribution in [-0.4, -0.2) is 44.6 Å². The van der Waals surface area contributed by atoms with Gasteiger partial charge in [0.1, 0.15) is 6.61 Å². The van der Waals surface area contributed by atoms with Crippen molar-refractivity contribution in [1.29, 1.82) is 0 Å². The first-order valence-corrected chi connectivity index (χ1v) is 6.98. The Bertz CT molecular complexity index is 580. The molecule has 0 fully saturated rings. The molecule has 0 aliphatic rings. The molecule has 20 heavy (non-hydrogen) atoms. The third-order valence-corrected chi connectivity index (χ3v) is 3.88. The molecule has 0 aliphatic carbocycles. The summed E-state index contributed by atoms with van der Waals surface area (Å²) < 4.78 is 63.2. The average molecular weight is 312 g/mol. The molecule has 1 aromatic rings. The Kier molecular flexibility index (Phi) is 5.12. The number of rotatable bonds is 6. The van der Waals surface area contributed by atoms with E-state index in [1.165, 1.54) is 18.2 Å². The topological polar surface area (TPSA) is 80.7 Å². The molecule has 0 unspecified atom stereocenters. The zero-order chi connectivity index (χ0) is 15.4. The van der Waals surface area contributed by atoms with Crippen molar-refractivity contribution in [3.63, 3.8) is 0 Å². The minimum absolute atomic E-state index is 0.220. The number of ether oxygens (including phenoxy) is 1. The maximum atomic E-state index is 11.8. The van der Waals surface area contributed by atoms with Gasteiger partial charge in [-0.15, -0.1) is 0 Å². The minimum Gasteiger partial charge on any atom is -0.478 e. The van der Waals surface area contributed by atoms with Crippen LogP contribution >= 0.6 is 0 Å². The smallest absolute Gasteiger partial charge is 0.411 e. The van der Waals surface area contributed by atoms with Crippen LogP contribution in [0.25, 0.3) is 0 Å². The zero-order valence-corrected chi connectivity index (χ0v) is 10.9. The molecule has 0 saturated heterocycles. The van der Waals surface area contributed by atoms with Crippen LogP contribution in [0.3, 0.4) is 0 Å². The number of carbonyl (C=O) groups is 1. The van der Waals surface area contributed by atoms with Gasteiger partial charge in [-0.05, 0) is 18.2 Å². The third-order valence-electron chi connectivity index (χ3n) is 2.20. The Labute approximate surface area is 112 Å². The molecule has 1 rings (SSSR count). The molecule has 9 heteroatoms. The van der Waals surface area contributed by atoms with E-state index in [2.05, 4.69) is 4.74 Å². The summed E-state index contributed by atoms with van der Waals surface area (Å²) in [6, 6.07) is 4.57.